The summed E-state index contributed by atoms with van der Waals surface area (Å²) in [5, 5.41) is 4.22. The fourth-order valence-electron chi connectivity index (χ4n) is 1.40. The Morgan fingerprint density at radius 3 is 2.87 bits per heavy atom. The zero-order chi connectivity index (χ0) is 10.8. The summed E-state index contributed by atoms with van der Waals surface area (Å²) < 4.78 is 14.7. The Hall–Kier alpha value is -1.35. The maximum Gasteiger partial charge on any atom is 0.125 e. The number of rotatable bonds is 2. The van der Waals surface area contributed by atoms with Gasteiger partial charge in [0.1, 0.15) is 5.82 Å². The first-order valence-electron chi connectivity index (χ1n) is 4.58. The van der Waals surface area contributed by atoms with Crippen molar-refractivity contribution in [3.05, 3.63) is 47.5 Å². The molecule has 0 saturated heterocycles. The quantitative estimate of drug-likeness (QED) is 0.717. The van der Waals surface area contributed by atoms with Crippen molar-refractivity contribution in [3.8, 4) is 5.69 Å². The molecule has 0 saturated carbocycles. The molecule has 0 aliphatic rings. The van der Waals surface area contributed by atoms with Gasteiger partial charge < -0.3 is 0 Å². The summed E-state index contributed by atoms with van der Waals surface area (Å²) in [7, 11) is 0. The van der Waals surface area contributed by atoms with Gasteiger partial charge in [-0.3, -0.25) is 0 Å². The summed E-state index contributed by atoms with van der Waals surface area (Å²) in [5.41, 5.74) is 2.49. The van der Waals surface area contributed by atoms with Gasteiger partial charge in [-0.2, -0.15) is 5.10 Å². The van der Waals surface area contributed by atoms with Crippen LogP contribution in [0.5, 0.6) is 0 Å². The highest BCUT2D eigenvalue weighted by molar-refractivity contribution is 6.16. The van der Waals surface area contributed by atoms with Crippen molar-refractivity contribution in [2.45, 2.75) is 12.8 Å². The lowest BCUT2D eigenvalue weighted by Gasteiger charge is -2.05. The summed E-state index contributed by atoms with van der Waals surface area (Å²) in [5.74, 6) is 0.0972. The number of hydrogen-bond acceptors (Lipinski definition) is 1. The molecule has 15 heavy (non-hydrogen) atoms. The third-order valence-electron chi connectivity index (χ3n) is 2.20. The molecule has 0 radical (unpaired) electrons. The van der Waals surface area contributed by atoms with Gasteiger partial charge in [-0.05, 0) is 30.7 Å². The normalized spacial score (nSPS) is 10.6. The van der Waals surface area contributed by atoms with Gasteiger partial charge >= 0.3 is 0 Å². The predicted molar refractivity (Wildman–Crippen MR) is 57.8 cm³/mol. The van der Waals surface area contributed by atoms with E-state index >= 15 is 0 Å². The molecule has 0 aliphatic heterocycles. The minimum absolute atomic E-state index is 0.265. The molecular weight excluding hydrogens is 215 g/mol. The first-order valence-corrected chi connectivity index (χ1v) is 5.11. The molecule has 4 heteroatoms. The Morgan fingerprint density at radius 1 is 1.40 bits per heavy atom. The van der Waals surface area contributed by atoms with Crippen LogP contribution in [0.25, 0.3) is 5.69 Å². The van der Waals surface area contributed by atoms with Crippen LogP contribution in [-0.2, 0) is 5.88 Å². The number of benzene rings is 1. The van der Waals surface area contributed by atoms with Gasteiger partial charge in [0.05, 0.1) is 17.3 Å². The van der Waals surface area contributed by atoms with Crippen molar-refractivity contribution >= 4 is 11.6 Å². The number of halogens is 2. The lowest BCUT2D eigenvalue weighted by atomic mass is 10.2. The van der Waals surface area contributed by atoms with Crippen LogP contribution in [0.3, 0.4) is 0 Å². The second kappa shape index (κ2) is 4.03. The van der Waals surface area contributed by atoms with E-state index in [-0.39, 0.29) is 5.82 Å². The smallest absolute Gasteiger partial charge is 0.125 e. The van der Waals surface area contributed by atoms with E-state index in [4.69, 9.17) is 11.6 Å². The molecule has 0 fully saturated rings. The Labute approximate surface area is 92.3 Å². The minimum Gasteiger partial charge on any atom is -0.240 e. The zero-order valence-corrected chi connectivity index (χ0v) is 9.00. The lowest BCUT2D eigenvalue weighted by molar-refractivity contribution is 0.624. The minimum atomic E-state index is -0.265. The summed E-state index contributed by atoms with van der Waals surface area (Å²) in [6.07, 6.45) is 1.78. The van der Waals surface area contributed by atoms with Crippen molar-refractivity contribution in [3.63, 3.8) is 0 Å². The molecule has 0 bridgehead atoms. The Morgan fingerprint density at radius 2 is 2.20 bits per heavy atom. The van der Waals surface area contributed by atoms with E-state index in [0.29, 0.717) is 5.88 Å². The molecule has 78 valence electrons. The molecular formula is C11H10ClFN2. The molecule has 0 N–H and O–H groups in total. The molecule has 2 nitrogen and oxygen atoms in total. The Balaban J connectivity index is 2.48. The molecule has 0 atom stereocenters. The topological polar surface area (TPSA) is 17.8 Å². The average Bonchev–Trinajstić information content (AvgIpc) is 2.70. The maximum atomic E-state index is 13.1. The van der Waals surface area contributed by atoms with Crippen LogP contribution < -0.4 is 0 Å². The SMILES string of the molecule is Cc1ccc(F)cc1-n1ccc(CCl)n1. The van der Waals surface area contributed by atoms with Gasteiger partial charge in [0.15, 0.2) is 0 Å². The van der Waals surface area contributed by atoms with Crippen molar-refractivity contribution < 1.29 is 4.39 Å². The van der Waals surface area contributed by atoms with E-state index in [1.54, 1.807) is 16.9 Å². The number of nitrogens with zero attached hydrogens (tertiary/aromatic N) is 2. The van der Waals surface area contributed by atoms with Crippen LogP contribution in [-0.4, -0.2) is 9.78 Å². The van der Waals surface area contributed by atoms with Crippen molar-refractivity contribution in [1.29, 1.82) is 0 Å². The van der Waals surface area contributed by atoms with Gasteiger partial charge in [0, 0.05) is 6.20 Å². The molecule has 0 aliphatic carbocycles. The monoisotopic (exact) mass is 224 g/mol. The second-order valence-electron chi connectivity index (χ2n) is 3.32. The van der Waals surface area contributed by atoms with E-state index in [1.807, 2.05) is 13.0 Å². The molecule has 1 aromatic carbocycles. The zero-order valence-electron chi connectivity index (χ0n) is 8.24. The first kappa shape index (κ1) is 10.2. The van der Waals surface area contributed by atoms with Crippen LogP contribution >= 0.6 is 11.6 Å². The van der Waals surface area contributed by atoms with Crippen LogP contribution in [0, 0.1) is 12.7 Å². The second-order valence-corrected chi connectivity index (χ2v) is 3.58. The average molecular weight is 225 g/mol. The van der Waals surface area contributed by atoms with Crippen molar-refractivity contribution in [2.24, 2.45) is 0 Å². The Bertz CT molecular complexity index is 479. The molecule has 1 aromatic heterocycles. The predicted octanol–water partition coefficient (Wildman–Crippen LogP) is 3.06. The summed E-state index contributed by atoms with van der Waals surface area (Å²) in [4.78, 5) is 0. The standard InChI is InChI=1S/C11H10ClFN2/c1-8-2-3-9(13)6-11(8)15-5-4-10(7-12)14-15/h2-6H,7H2,1H3. The third-order valence-corrected chi connectivity index (χ3v) is 2.47. The molecule has 1 heterocycles. The molecule has 0 amide bonds. The lowest BCUT2D eigenvalue weighted by Crippen LogP contribution is -1.99. The van der Waals surface area contributed by atoms with Gasteiger partial charge in [-0.15, -0.1) is 11.6 Å². The first-order chi connectivity index (χ1) is 7.20. The Kier molecular flexibility index (Phi) is 2.73. The summed E-state index contributed by atoms with van der Waals surface area (Å²) >= 11 is 5.65. The highest BCUT2D eigenvalue weighted by Crippen LogP contribution is 2.15. The van der Waals surface area contributed by atoms with Crippen molar-refractivity contribution in [1.82, 2.24) is 9.78 Å². The van der Waals surface area contributed by atoms with Gasteiger partial charge in [-0.1, -0.05) is 6.07 Å². The number of alkyl halides is 1. The maximum absolute atomic E-state index is 13.1. The van der Waals surface area contributed by atoms with Gasteiger partial charge in [-0.25, -0.2) is 9.07 Å². The summed E-state index contributed by atoms with van der Waals surface area (Å²) in [6, 6.07) is 6.44. The fourth-order valence-corrected chi connectivity index (χ4v) is 1.54. The van der Waals surface area contributed by atoms with Crippen LogP contribution in [0.15, 0.2) is 30.5 Å². The van der Waals surface area contributed by atoms with Gasteiger partial charge in [0.2, 0.25) is 0 Å². The molecule has 2 rings (SSSR count). The van der Waals surface area contributed by atoms with Crippen LogP contribution in [0.2, 0.25) is 0 Å². The highest BCUT2D eigenvalue weighted by atomic mass is 35.5. The van der Waals surface area contributed by atoms with Crippen LogP contribution in [0.4, 0.5) is 4.39 Å². The van der Waals surface area contributed by atoms with E-state index in [0.717, 1.165) is 16.9 Å². The fraction of sp³-hybridized carbons (Fsp3) is 0.182. The third kappa shape index (κ3) is 2.02. The molecule has 0 unspecified atom stereocenters. The largest absolute Gasteiger partial charge is 0.240 e. The van der Waals surface area contributed by atoms with E-state index < -0.39 is 0 Å². The number of hydrogen-bond donors (Lipinski definition) is 0. The number of aromatic nitrogens is 2. The van der Waals surface area contributed by atoms with Crippen molar-refractivity contribution in [2.75, 3.05) is 0 Å². The van der Waals surface area contributed by atoms with Crippen LogP contribution in [0.1, 0.15) is 11.3 Å². The molecule has 0 spiro atoms. The van der Waals surface area contributed by atoms with E-state index in [9.17, 15) is 4.39 Å². The molecule has 2 aromatic rings. The van der Waals surface area contributed by atoms with Gasteiger partial charge in [0.25, 0.3) is 0 Å². The van der Waals surface area contributed by atoms with E-state index in [1.165, 1.54) is 12.1 Å². The van der Waals surface area contributed by atoms with E-state index in [2.05, 4.69) is 5.10 Å². The summed E-state index contributed by atoms with van der Waals surface area (Å²) in [6.45, 7) is 1.91. The number of aryl methyl sites for hydroxylation is 1. The highest BCUT2D eigenvalue weighted by Gasteiger charge is 2.04.